The van der Waals surface area contributed by atoms with E-state index in [-0.39, 0.29) is 0 Å². The Bertz CT molecular complexity index is 629. The number of guanidine groups is 1. The zero-order chi connectivity index (χ0) is 12.8. The minimum Gasteiger partial charge on any atom is -0.370 e. The molecule has 1 aromatic carbocycles. The van der Waals surface area contributed by atoms with Crippen LogP contribution < -0.4 is 16.8 Å². The number of anilines is 1. The molecule has 1 aromatic heterocycles. The van der Waals surface area contributed by atoms with Crippen LogP contribution in [-0.2, 0) is 12.7 Å². The van der Waals surface area contributed by atoms with Gasteiger partial charge in [0.15, 0.2) is 11.6 Å². The monoisotopic (exact) mass is 242 g/mol. The molecule has 0 aliphatic carbocycles. The third-order valence-electron chi connectivity index (χ3n) is 2.99. The first-order valence-corrected chi connectivity index (χ1v) is 5.59. The molecule has 1 atom stereocenters. The minimum atomic E-state index is -1.03. The van der Waals surface area contributed by atoms with Crippen molar-refractivity contribution >= 4 is 11.6 Å². The number of aliphatic imine (C=N–C) groups is 1. The number of fused-ring (bicyclic) bond motifs is 1. The predicted octanol–water partition coefficient (Wildman–Crippen LogP) is 0.320. The van der Waals surface area contributed by atoms with Crippen molar-refractivity contribution in [3.05, 3.63) is 48.0 Å². The molecule has 0 fully saturated rings. The molecule has 6 nitrogen and oxygen atoms in total. The summed E-state index contributed by atoms with van der Waals surface area (Å²) < 4.78 is 1.83. The molecule has 0 radical (unpaired) electrons. The van der Waals surface area contributed by atoms with Crippen molar-refractivity contribution < 1.29 is 0 Å². The van der Waals surface area contributed by atoms with Crippen molar-refractivity contribution in [1.82, 2.24) is 9.55 Å². The second-order valence-electron chi connectivity index (χ2n) is 4.36. The molecule has 0 spiro atoms. The van der Waals surface area contributed by atoms with Crippen LogP contribution in [0.15, 0.2) is 41.8 Å². The summed E-state index contributed by atoms with van der Waals surface area (Å²) in [5.41, 5.74) is 13.6. The highest BCUT2D eigenvalue weighted by Crippen LogP contribution is 2.35. The van der Waals surface area contributed by atoms with Crippen LogP contribution in [0.25, 0.3) is 0 Å². The topological polar surface area (TPSA) is 94.2 Å². The summed E-state index contributed by atoms with van der Waals surface area (Å²) in [7, 11) is 1.89. The highest BCUT2D eigenvalue weighted by molar-refractivity contribution is 5.95. The maximum Gasteiger partial charge on any atom is 0.195 e. The molecule has 0 saturated heterocycles. The third-order valence-corrected chi connectivity index (χ3v) is 2.99. The standard InChI is InChI=1S/C12H14N6/c1-18-6-10(15-7-18)12(14)8-4-2-3-5-9(8)16-11(13)17-12/h2-7H,14H2,1H3,(H3,13,16,17). The van der Waals surface area contributed by atoms with E-state index in [1.807, 2.05) is 42.1 Å². The minimum absolute atomic E-state index is 0.293. The number of nitrogens with zero attached hydrogens (tertiary/aromatic N) is 3. The van der Waals surface area contributed by atoms with Crippen molar-refractivity contribution in [1.29, 1.82) is 0 Å². The van der Waals surface area contributed by atoms with E-state index >= 15 is 0 Å². The summed E-state index contributed by atoms with van der Waals surface area (Å²) in [5, 5.41) is 3.00. The largest absolute Gasteiger partial charge is 0.370 e. The van der Waals surface area contributed by atoms with Gasteiger partial charge in [0.25, 0.3) is 0 Å². The van der Waals surface area contributed by atoms with Crippen molar-refractivity contribution in [2.75, 3.05) is 5.32 Å². The van der Waals surface area contributed by atoms with E-state index in [0.717, 1.165) is 11.3 Å². The quantitative estimate of drug-likeness (QED) is 0.671. The fourth-order valence-corrected chi connectivity index (χ4v) is 2.15. The summed E-state index contributed by atoms with van der Waals surface area (Å²) in [6, 6.07) is 7.68. The molecular formula is C12H14N6. The van der Waals surface area contributed by atoms with Gasteiger partial charge in [-0.25, -0.2) is 9.98 Å². The predicted molar refractivity (Wildman–Crippen MR) is 69.9 cm³/mol. The Labute approximate surface area is 104 Å². The number of aryl methyl sites for hydroxylation is 1. The fourth-order valence-electron chi connectivity index (χ4n) is 2.15. The number of hydrogen-bond donors (Lipinski definition) is 3. The zero-order valence-corrected chi connectivity index (χ0v) is 9.96. The van der Waals surface area contributed by atoms with Crippen molar-refractivity contribution in [3.8, 4) is 0 Å². The van der Waals surface area contributed by atoms with Crippen LogP contribution in [0.1, 0.15) is 11.3 Å². The molecule has 0 bridgehead atoms. The Kier molecular flexibility index (Phi) is 2.14. The number of aromatic nitrogens is 2. The maximum atomic E-state index is 6.41. The molecule has 1 aliphatic heterocycles. The van der Waals surface area contributed by atoms with Gasteiger partial charge in [-0.05, 0) is 6.07 Å². The van der Waals surface area contributed by atoms with E-state index in [4.69, 9.17) is 11.5 Å². The average molecular weight is 242 g/mol. The van der Waals surface area contributed by atoms with Gasteiger partial charge in [0.05, 0.1) is 6.33 Å². The maximum absolute atomic E-state index is 6.41. The Hall–Kier alpha value is -2.34. The Balaban J connectivity index is 2.23. The Morgan fingerprint density at radius 2 is 2.11 bits per heavy atom. The molecule has 1 aliphatic rings. The number of para-hydroxylation sites is 1. The lowest BCUT2D eigenvalue weighted by atomic mass is 9.94. The summed E-state index contributed by atoms with van der Waals surface area (Å²) in [6.07, 6.45) is 3.54. The van der Waals surface area contributed by atoms with Crippen LogP contribution in [0.5, 0.6) is 0 Å². The molecule has 6 heteroatoms. The number of rotatable bonds is 1. The molecule has 2 heterocycles. The van der Waals surface area contributed by atoms with Gasteiger partial charge >= 0.3 is 0 Å². The van der Waals surface area contributed by atoms with Gasteiger partial charge in [-0.15, -0.1) is 0 Å². The summed E-state index contributed by atoms with van der Waals surface area (Å²) >= 11 is 0. The Morgan fingerprint density at radius 1 is 1.33 bits per heavy atom. The first-order chi connectivity index (χ1) is 8.59. The van der Waals surface area contributed by atoms with Crippen LogP contribution >= 0.6 is 0 Å². The lowest BCUT2D eigenvalue weighted by Gasteiger charge is -2.30. The van der Waals surface area contributed by atoms with E-state index in [9.17, 15) is 0 Å². The van der Waals surface area contributed by atoms with Gasteiger partial charge < -0.3 is 15.6 Å². The SMILES string of the molecule is Cn1cnc(C2(N)N=C(N)Nc3ccccc32)c1. The number of nitrogens with two attached hydrogens (primary N) is 2. The van der Waals surface area contributed by atoms with Crippen LogP contribution in [0, 0.1) is 0 Å². The highest BCUT2D eigenvalue weighted by Gasteiger charge is 2.36. The van der Waals surface area contributed by atoms with Crippen molar-refractivity contribution in [3.63, 3.8) is 0 Å². The average Bonchev–Trinajstić information content (AvgIpc) is 2.76. The van der Waals surface area contributed by atoms with Crippen LogP contribution in [-0.4, -0.2) is 15.5 Å². The van der Waals surface area contributed by atoms with Gasteiger partial charge in [0.1, 0.15) is 5.69 Å². The van der Waals surface area contributed by atoms with E-state index in [2.05, 4.69) is 15.3 Å². The van der Waals surface area contributed by atoms with E-state index in [1.165, 1.54) is 0 Å². The smallest absolute Gasteiger partial charge is 0.195 e. The molecule has 18 heavy (non-hydrogen) atoms. The number of imidazole rings is 1. The lowest BCUT2D eigenvalue weighted by Crippen LogP contribution is -2.44. The van der Waals surface area contributed by atoms with Gasteiger partial charge in [-0.2, -0.15) is 0 Å². The first-order valence-electron chi connectivity index (χ1n) is 5.59. The van der Waals surface area contributed by atoms with Gasteiger partial charge in [-0.3, -0.25) is 5.73 Å². The van der Waals surface area contributed by atoms with Crippen LogP contribution in [0.2, 0.25) is 0 Å². The summed E-state index contributed by atoms with van der Waals surface area (Å²) in [5.74, 6) is 0.293. The fraction of sp³-hybridized carbons (Fsp3) is 0.167. The zero-order valence-electron chi connectivity index (χ0n) is 9.96. The molecule has 0 amide bonds. The molecule has 92 valence electrons. The number of hydrogen-bond acceptors (Lipinski definition) is 5. The number of nitrogens with one attached hydrogen (secondary N) is 1. The normalized spacial score (nSPS) is 22.0. The van der Waals surface area contributed by atoms with Crippen LogP contribution in [0.4, 0.5) is 5.69 Å². The van der Waals surface area contributed by atoms with Crippen LogP contribution in [0.3, 0.4) is 0 Å². The van der Waals surface area contributed by atoms with Gasteiger partial charge in [-0.1, -0.05) is 18.2 Å². The summed E-state index contributed by atoms with van der Waals surface area (Å²) in [4.78, 5) is 8.62. The van der Waals surface area contributed by atoms with E-state index in [1.54, 1.807) is 6.33 Å². The molecule has 3 rings (SSSR count). The molecule has 5 N–H and O–H groups in total. The van der Waals surface area contributed by atoms with Gasteiger partial charge in [0, 0.05) is 24.5 Å². The van der Waals surface area contributed by atoms with Crippen molar-refractivity contribution in [2.45, 2.75) is 5.66 Å². The third kappa shape index (κ3) is 1.46. The first kappa shape index (κ1) is 10.8. The molecule has 0 saturated carbocycles. The highest BCUT2D eigenvalue weighted by atomic mass is 15.2. The summed E-state index contributed by atoms with van der Waals surface area (Å²) in [6.45, 7) is 0. The van der Waals surface area contributed by atoms with E-state index < -0.39 is 5.66 Å². The lowest BCUT2D eigenvalue weighted by molar-refractivity contribution is 0.550. The molecular weight excluding hydrogens is 228 g/mol. The van der Waals surface area contributed by atoms with Gasteiger partial charge in [0.2, 0.25) is 0 Å². The second kappa shape index (κ2) is 3.58. The Morgan fingerprint density at radius 3 is 2.83 bits per heavy atom. The van der Waals surface area contributed by atoms with E-state index in [0.29, 0.717) is 11.7 Å². The van der Waals surface area contributed by atoms with Crippen molar-refractivity contribution in [2.24, 2.45) is 23.5 Å². The second-order valence-corrected chi connectivity index (χ2v) is 4.36. The molecule has 1 unspecified atom stereocenters. The molecule has 2 aromatic rings. The number of benzene rings is 1.